The van der Waals surface area contributed by atoms with Crippen molar-refractivity contribution < 1.29 is 14.0 Å². The molecular weight excluding hydrogens is 340 g/mol. The van der Waals surface area contributed by atoms with Gasteiger partial charge in [-0.3, -0.25) is 9.59 Å². The van der Waals surface area contributed by atoms with Gasteiger partial charge in [0.1, 0.15) is 11.3 Å². The Morgan fingerprint density at radius 2 is 1.81 bits per heavy atom. The van der Waals surface area contributed by atoms with Crippen molar-refractivity contribution in [3.05, 3.63) is 78.1 Å². The maximum absolute atomic E-state index is 12.1. The second-order valence-electron chi connectivity index (χ2n) is 6.26. The predicted octanol–water partition coefficient (Wildman–Crippen LogP) is 3.83. The SMILES string of the molecule is C[C@@H](NC(=O)CCNC(=O)/C=C/c1ccccc1)c1cc2ccccc2o1. The largest absolute Gasteiger partial charge is 0.459 e. The first-order chi connectivity index (χ1) is 13.1. The molecule has 27 heavy (non-hydrogen) atoms. The zero-order valence-electron chi connectivity index (χ0n) is 15.1. The lowest BCUT2D eigenvalue weighted by Crippen LogP contribution is -2.31. The molecule has 0 radical (unpaired) electrons. The summed E-state index contributed by atoms with van der Waals surface area (Å²) in [7, 11) is 0. The molecule has 3 aromatic rings. The van der Waals surface area contributed by atoms with E-state index in [2.05, 4.69) is 10.6 Å². The van der Waals surface area contributed by atoms with Gasteiger partial charge in [-0.25, -0.2) is 0 Å². The number of rotatable bonds is 7. The Balaban J connectivity index is 1.42. The van der Waals surface area contributed by atoms with Crippen LogP contribution < -0.4 is 10.6 Å². The number of nitrogens with one attached hydrogen (secondary N) is 2. The maximum atomic E-state index is 12.1. The molecule has 0 saturated carbocycles. The number of para-hydroxylation sites is 1. The molecule has 1 atom stereocenters. The molecule has 2 N–H and O–H groups in total. The third-order valence-electron chi connectivity index (χ3n) is 4.13. The summed E-state index contributed by atoms with van der Waals surface area (Å²) >= 11 is 0. The quantitative estimate of drug-likeness (QED) is 0.628. The molecule has 0 saturated heterocycles. The molecule has 0 aliphatic heterocycles. The van der Waals surface area contributed by atoms with Gasteiger partial charge in [-0.15, -0.1) is 0 Å². The summed E-state index contributed by atoms with van der Waals surface area (Å²) in [6.07, 6.45) is 3.40. The number of furan rings is 1. The summed E-state index contributed by atoms with van der Waals surface area (Å²) in [4.78, 5) is 23.9. The lowest BCUT2D eigenvalue weighted by atomic mass is 10.2. The van der Waals surface area contributed by atoms with Crippen LogP contribution in [0.1, 0.15) is 30.7 Å². The number of hydrogen-bond acceptors (Lipinski definition) is 3. The van der Waals surface area contributed by atoms with Gasteiger partial charge in [0.25, 0.3) is 0 Å². The molecule has 0 aliphatic carbocycles. The van der Waals surface area contributed by atoms with Gasteiger partial charge in [0.15, 0.2) is 0 Å². The minimum Gasteiger partial charge on any atom is -0.459 e. The van der Waals surface area contributed by atoms with Crippen LogP contribution in [0.4, 0.5) is 0 Å². The number of hydrogen-bond donors (Lipinski definition) is 2. The molecule has 0 unspecified atom stereocenters. The first-order valence-electron chi connectivity index (χ1n) is 8.90. The molecular formula is C22H22N2O3. The Labute approximate surface area is 158 Å². The van der Waals surface area contributed by atoms with Gasteiger partial charge in [-0.05, 0) is 30.7 Å². The van der Waals surface area contributed by atoms with E-state index < -0.39 is 0 Å². The Kier molecular flexibility index (Phi) is 6.05. The number of fused-ring (bicyclic) bond motifs is 1. The minimum absolute atomic E-state index is 0.143. The van der Waals surface area contributed by atoms with Gasteiger partial charge >= 0.3 is 0 Å². The van der Waals surface area contributed by atoms with Crippen molar-refractivity contribution in [2.45, 2.75) is 19.4 Å². The number of carbonyl (C=O) groups excluding carboxylic acids is 2. The second-order valence-corrected chi connectivity index (χ2v) is 6.26. The topological polar surface area (TPSA) is 71.3 Å². The molecule has 1 heterocycles. The molecule has 0 spiro atoms. The van der Waals surface area contributed by atoms with Crippen LogP contribution in [0.2, 0.25) is 0 Å². The molecule has 5 heteroatoms. The first kappa shape index (κ1) is 18.5. The second kappa shape index (κ2) is 8.85. The number of carbonyl (C=O) groups is 2. The third kappa shape index (κ3) is 5.31. The summed E-state index contributed by atoms with van der Waals surface area (Å²) in [5, 5.41) is 6.60. The highest BCUT2D eigenvalue weighted by Gasteiger charge is 2.14. The Morgan fingerprint density at radius 3 is 2.59 bits per heavy atom. The normalized spacial score (nSPS) is 12.2. The highest BCUT2D eigenvalue weighted by atomic mass is 16.3. The van der Waals surface area contributed by atoms with E-state index in [0.717, 1.165) is 16.5 Å². The van der Waals surface area contributed by atoms with Gasteiger partial charge in [0.2, 0.25) is 11.8 Å². The highest BCUT2D eigenvalue weighted by molar-refractivity contribution is 5.92. The Morgan fingerprint density at radius 1 is 1.07 bits per heavy atom. The van der Waals surface area contributed by atoms with Gasteiger partial charge in [0.05, 0.1) is 6.04 Å². The van der Waals surface area contributed by atoms with Crippen molar-refractivity contribution >= 4 is 28.9 Å². The van der Waals surface area contributed by atoms with Crippen molar-refractivity contribution in [2.75, 3.05) is 6.54 Å². The highest BCUT2D eigenvalue weighted by Crippen LogP contribution is 2.23. The molecule has 2 aromatic carbocycles. The standard InChI is InChI=1S/C22H22N2O3/c1-16(20-15-18-9-5-6-10-19(18)27-20)24-22(26)13-14-23-21(25)12-11-17-7-3-2-4-8-17/h2-12,15-16H,13-14H2,1H3,(H,23,25)(H,24,26)/b12-11+/t16-/m1/s1. The molecule has 0 fully saturated rings. The van der Waals surface area contributed by atoms with Gasteiger partial charge in [0, 0.05) is 24.4 Å². The van der Waals surface area contributed by atoms with Crippen molar-refractivity contribution in [2.24, 2.45) is 0 Å². The lowest BCUT2D eigenvalue weighted by molar-refractivity contribution is -0.122. The van der Waals surface area contributed by atoms with E-state index in [0.29, 0.717) is 5.76 Å². The predicted molar refractivity (Wildman–Crippen MR) is 106 cm³/mol. The molecule has 3 rings (SSSR count). The molecule has 0 bridgehead atoms. The fraction of sp³-hybridized carbons (Fsp3) is 0.182. The average molecular weight is 362 g/mol. The van der Waals surface area contributed by atoms with E-state index in [9.17, 15) is 9.59 Å². The first-order valence-corrected chi connectivity index (χ1v) is 8.90. The van der Waals surface area contributed by atoms with Gasteiger partial charge in [-0.2, -0.15) is 0 Å². The van der Waals surface area contributed by atoms with Crippen LogP contribution >= 0.6 is 0 Å². The molecule has 1 aromatic heterocycles. The molecule has 138 valence electrons. The van der Waals surface area contributed by atoms with Crippen LogP contribution in [0.15, 0.2) is 71.2 Å². The van der Waals surface area contributed by atoms with E-state index in [-0.39, 0.29) is 30.8 Å². The fourth-order valence-corrected chi connectivity index (χ4v) is 2.69. The van der Waals surface area contributed by atoms with E-state index in [1.165, 1.54) is 6.08 Å². The summed E-state index contributed by atoms with van der Waals surface area (Å²) in [5.74, 6) is 0.340. The summed E-state index contributed by atoms with van der Waals surface area (Å²) in [6, 6.07) is 19.0. The minimum atomic E-state index is -0.237. The van der Waals surface area contributed by atoms with Crippen LogP contribution in [-0.2, 0) is 9.59 Å². The Hall–Kier alpha value is -3.34. The average Bonchev–Trinajstić information content (AvgIpc) is 3.11. The Bertz CT molecular complexity index is 911. The van der Waals surface area contributed by atoms with Gasteiger partial charge in [-0.1, -0.05) is 48.5 Å². The number of amides is 2. The van der Waals surface area contributed by atoms with Crippen molar-refractivity contribution in [3.63, 3.8) is 0 Å². The number of benzene rings is 2. The van der Waals surface area contributed by atoms with Crippen LogP contribution in [0.5, 0.6) is 0 Å². The van der Waals surface area contributed by atoms with E-state index >= 15 is 0 Å². The van der Waals surface area contributed by atoms with Crippen LogP contribution in [0.25, 0.3) is 17.0 Å². The summed E-state index contributed by atoms with van der Waals surface area (Å²) < 4.78 is 5.75. The van der Waals surface area contributed by atoms with E-state index in [1.807, 2.05) is 67.6 Å². The van der Waals surface area contributed by atoms with Crippen molar-refractivity contribution in [3.8, 4) is 0 Å². The molecule has 5 nitrogen and oxygen atoms in total. The smallest absolute Gasteiger partial charge is 0.244 e. The van der Waals surface area contributed by atoms with E-state index in [1.54, 1.807) is 6.08 Å². The fourth-order valence-electron chi connectivity index (χ4n) is 2.69. The van der Waals surface area contributed by atoms with Crippen LogP contribution in [0.3, 0.4) is 0 Å². The monoisotopic (exact) mass is 362 g/mol. The van der Waals surface area contributed by atoms with Crippen LogP contribution in [0, 0.1) is 0 Å². The maximum Gasteiger partial charge on any atom is 0.244 e. The zero-order chi connectivity index (χ0) is 19.1. The van der Waals surface area contributed by atoms with Gasteiger partial charge < -0.3 is 15.1 Å². The zero-order valence-corrected chi connectivity index (χ0v) is 15.1. The van der Waals surface area contributed by atoms with E-state index in [4.69, 9.17) is 4.42 Å². The third-order valence-corrected chi connectivity index (χ3v) is 4.13. The molecule has 0 aliphatic rings. The molecule has 2 amide bonds. The summed E-state index contributed by atoms with van der Waals surface area (Å²) in [5.41, 5.74) is 1.75. The van der Waals surface area contributed by atoms with Crippen LogP contribution in [-0.4, -0.2) is 18.4 Å². The van der Waals surface area contributed by atoms with Crippen molar-refractivity contribution in [1.82, 2.24) is 10.6 Å². The van der Waals surface area contributed by atoms with Crippen molar-refractivity contribution in [1.29, 1.82) is 0 Å². The summed E-state index contributed by atoms with van der Waals surface area (Å²) in [6.45, 7) is 2.15. The lowest BCUT2D eigenvalue weighted by Gasteiger charge is -2.11.